The first kappa shape index (κ1) is 17.5. The SMILES string of the molecule is CCOC(=O)CCCNC(=O)Cn1ncc(Cl)c(Cl)c1=O. The largest absolute Gasteiger partial charge is 0.466 e. The van der Waals surface area contributed by atoms with Crippen molar-refractivity contribution in [2.24, 2.45) is 0 Å². The average molecular weight is 336 g/mol. The van der Waals surface area contributed by atoms with E-state index in [0.717, 1.165) is 4.68 Å². The summed E-state index contributed by atoms with van der Waals surface area (Å²) >= 11 is 11.3. The van der Waals surface area contributed by atoms with Crippen molar-refractivity contribution in [3.05, 3.63) is 26.6 Å². The summed E-state index contributed by atoms with van der Waals surface area (Å²) in [6, 6.07) is 0. The summed E-state index contributed by atoms with van der Waals surface area (Å²) in [5, 5.41) is 6.14. The van der Waals surface area contributed by atoms with Gasteiger partial charge in [-0.25, -0.2) is 4.68 Å². The Hall–Kier alpha value is -1.60. The third-order valence-corrected chi connectivity index (χ3v) is 3.17. The number of halogens is 2. The summed E-state index contributed by atoms with van der Waals surface area (Å²) in [6.07, 6.45) is 1.87. The standard InChI is InChI=1S/C12H15Cl2N3O4/c1-2-21-10(19)4-3-5-15-9(18)7-17-12(20)11(14)8(13)6-16-17/h6H,2-5,7H2,1H3,(H,15,18). The number of hydrogen-bond acceptors (Lipinski definition) is 5. The van der Waals surface area contributed by atoms with Gasteiger partial charge in [0, 0.05) is 13.0 Å². The number of carbonyl (C=O) groups excluding carboxylic acids is 2. The fraction of sp³-hybridized carbons (Fsp3) is 0.500. The van der Waals surface area contributed by atoms with Crippen LogP contribution in [0, 0.1) is 0 Å². The van der Waals surface area contributed by atoms with Crippen LogP contribution in [-0.4, -0.2) is 34.8 Å². The smallest absolute Gasteiger partial charge is 0.305 e. The minimum absolute atomic E-state index is 0.0350. The Bertz CT molecular complexity index is 574. The molecule has 0 aliphatic heterocycles. The van der Waals surface area contributed by atoms with Gasteiger partial charge in [0.2, 0.25) is 5.91 Å². The molecular weight excluding hydrogens is 321 g/mol. The first-order valence-electron chi connectivity index (χ1n) is 6.29. The minimum atomic E-state index is -0.633. The quantitative estimate of drug-likeness (QED) is 0.593. The minimum Gasteiger partial charge on any atom is -0.466 e. The van der Waals surface area contributed by atoms with E-state index in [4.69, 9.17) is 27.9 Å². The summed E-state index contributed by atoms with van der Waals surface area (Å²) in [7, 11) is 0. The van der Waals surface area contributed by atoms with E-state index in [1.54, 1.807) is 6.92 Å². The molecule has 0 saturated heterocycles. The lowest BCUT2D eigenvalue weighted by molar-refractivity contribution is -0.143. The lowest BCUT2D eigenvalue weighted by Gasteiger charge is -2.07. The number of esters is 1. The van der Waals surface area contributed by atoms with Crippen LogP contribution in [0.1, 0.15) is 19.8 Å². The number of rotatable bonds is 7. The molecule has 0 atom stereocenters. The van der Waals surface area contributed by atoms with Crippen molar-refractivity contribution >= 4 is 35.1 Å². The maximum absolute atomic E-state index is 11.7. The van der Waals surface area contributed by atoms with E-state index in [1.165, 1.54) is 6.20 Å². The molecule has 21 heavy (non-hydrogen) atoms. The molecule has 0 spiro atoms. The maximum Gasteiger partial charge on any atom is 0.305 e. The molecule has 0 unspecified atom stereocenters. The predicted molar refractivity (Wildman–Crippen MR) is 77.4 cm³/mol. The van der Waals surface area contributed by atoms with Gasteiger partial charge in [-0.1, -0.05) is 23.2 Å². The molecule has 0 aromatic carbocycles. The van der Waals surface area contributed by atoms with Crippen LogP contribution in [0.3, 0.4) is 0 Å². The summed E-state index contributed by atoms with van der Waals surface area (Å²) < 4.78 is 5.66. The van der Waals surface area contributed by atoms with Crippen LogP contribution in [0.2, 0.25) is 10.0 Å². The highest BCUT2D eigenvalue weighted by Gasteiger charge is 2.10. The second-order valence-electron chi connectivity index (χ2n) is 4.03. The molecule has 9 heteroatoms. The zero-order chi connectivity index (χ0) is 15.8. The Labute approximate surface area is 131 Å². The fourth-order valence-electron chi connectivity index (χ4n) is 1.44. The number of amides is 1. The predicted octanol–water partition coefficient (Wildman–Crippen LogP) is 1.01. The van der Waals surface area contributed by atoms with Gasteiger partial charge in [0.1, 0.15) is 11.6 Å². The summed E-state index contributed by atoms with van der Waals surface area (Å²) in [5.74, 6) is -0.721. The fourth-order valence-corrected chi connectivity index (χ4v) is 1.71. The van der Waals surface area contributed by atoms with E-state index < -0.39 is 11.5 Å². The van der Waals surface area contributed by atoms with Gasteiger partial charge in [-0.3, -0.25) is 14.4 Å². The van der Waals surface area contributed by atoms with Crippen LogP contribution >= 0.6 is 23.2 Å². The second kappa shape index (κ2) is 8.63. The van der Waals surface area contributed by atoms with Gasteiger partial charge in [0.25, 0.3) is 5.56 Å². The maximum atomic E-state index is 11.7. The van der Waals surface area contributed by atoms with Gasteiger partial charge in [-0.15, -0.1) is 0 Å². The van der Waals surface area contributed by atoms with Crippen LogP contribution in [-0.2, 0) is 20.9 Å². The summed E-state index contributed by atoms with van der Waals surface area (Å²) in [6.45, 7) is 2.08. The molecule has 0 fully saturated rings. The molecule has 1 amide bonds. The van der Waals surface area contributed by atoms with Crippen LogP contribution < -0.4 is 10.9 Å². The number of carbonyl (C=O) groups is 2. The lowest BCUT2D eigenvalue weighted by Crippen LogP contribution is -2.34. The Kier molecular flexibility index (Phi) is 7.18. The van der Waals surface area contributed by atoms with Gasteiger partial charge in [-0.2, -0.15) is 5.10 Å². The van der Waals surface area contributed by atoms with E-state index >= 15 is 0 Å². The molecule has 7 nitrogen and oxygen atoms in total. The van der Waals surface area contributed by atoms with E-state index in [2.05, 4.69) is 10.4 Å². The third kappa shape index (κ3) is 5.73. The molecule has 0 aliphatic rings. The number of ether oxygens (including phenoxy) is 1. The Morgan fingerprint density at radius 1 is 1.43 bits per heavy atom. The van der Waals surface area contributed by atoms with Crippen molar-refractivity contribution in [3.63, 3.8) is 0 Å². The van der Waals surface area contributed by atoms with Crippen LogP contribution in [0.5, 0.6) is 0 Å². The molecule has 1 aromatic rings. The van der Waals surface area contributed by atoms with Crippen molar-refractivity contribution in [2.45, 2.75) is 26.3 Å². The van der Waals surface area contributed by atoms with Gasteiger partial charge in [0.15, 0.2) is 0 Å². The first-order valence-corrected chi connectivity index (χ1v) is 7.04. The molecule has 1 rings (SSSR count). The Morgan fingerprint density at radius 2 is 2.14 bits per heavy atom. The normalized spacial score (nSPS) is 10.2. The monoisotopic (exact) mass is 335 g/mol. The van der Waals surface area contributed by atoms with Crippen LogP contribution in [0.15, 0.2) is 11.0 Å². The van der Waals surface area contributed by atoms with Crippen molar-refractivity contribution in [1.82, 2.24) is 15.1 Å². The van der Waals surface area contributed by atoms with Gasteiger partial charge in [-0.05, 0) is 13.3 Å². The van der Waals surface area contributed by atoms with Gasteiger partial charge in [0.05, 0.1) is 17.8 Å². The van der Waals surface area contributed by atoms with E-state index in [0.29, 0.717) is 19.6 Å². The van der Waals surface area contributed by atoms with Crippen LogP contribution in [0.25, 0.3) is 0 Å². The molecule has 0 saturated carbocycles. The van der Waals surface area contributed by atoms with Crippen LogP contribution in [0.4, 0.5) is 0 Å². The average Bonchev–Trinajstić information content (AvgIpc) is 2.45. The number of nitrogens with one attached hydrogen (secondary N) is 1. The Morgan fingerprint density at radius 3 is 2.81 bits per heavy atom. The van der Waals surface area contributed by atoms with Crippen molar-refractivity contribution in [3.8, 4) is 0 Å². The van der Waals surface area contributed by atoms with Crippen molar-refractivity contribution < 1.29 is 14.3 Å². The molecule has 0 aliphatic carbocycles. The molecule has 116 valence electrons. The first-order chi connectivity index (χ1) is 9.95. The number of nitrogens with zero attached hydrogens (tertiary/aromatic N) is 2. The molecule has 1 N–H and O–H groups in total. The molecular formula is C12H15Cl2N3O4. The van der Waals surface area contributed by atoms with Gasteiger partial charge < -0.3 is 10.1 Å². The zero-order valence-electron chi connectivity index (χ0n) is 11.4. The topological polar surface area (TPSA) is 90.3 Å². The highest BCUT2D eigenvalue weighted by atomic mass is 35.5. The third-order valence-electron chi connectivity index (χ3n) is 2.42. The zero-order valence-corrected chi connectivity index (χ0v) is 12.9. The van der Waals surface area contributed by atoms with E-state index in [-0.39, 0.29) is 29.0 Å². The van der Waals surface area contributed by atoms with E-state index in [9.17, 15) is 14.4 Å². The van der Waals surface area contributed by atoms with Crippen molar-refractivity contribution in [1.29, 1.82) is 0 Å². The lowest BCUT2D eigenvalue weighted by atomic mass is 10.3. The van der Waals surface area contributed by atoms with Crippen molar-refractivity contribution in [2.75, 3.05) is 13.2 Å². The molecule has 0 bridgehead atoms. The highest BCUT2D eigenvalue weighted by Crippen LogP contribution is 2.14. The van der Waals surface area contributed by atoms with Gasteiger partial charge >= 0.3 is 5.97 Å². The number of aromatic nitrogens is 2. The highest BCUT2D eigenvalue weighted by molar-refractivity contribution is 6.41. The molecule has 1 heterocycles. The Balaban J connectivity index is 2.40. The summed E-state index contributed by atoms with van der Waals surface area (Å²) in [4.78, 5) is 34.4. The molecule has 1 aromatic heterocycles. The molecule has 0 radical (unpaired) electrons. The second-order valence-corrected chi connectivity index (χ2v) is 4.81. The van der Waals surface area contributed by atoms with E-state index in [1.807, 2.05) is 0 Å². The number of hydrogen-bond donors (Lipinski definition) is 1. The summed E-state index contributed by atoms with van der Waals surface area (Å²) in [5.41, 5.74) is -0.633.